The Morgan fingerprint density at radius 3 is 2.70 bits per heavy atom. The van der Waals surface area contributed by atoms with Gasteiger partial charge < -0.3 is 14.8 Å². The summed E-state index contributed by atoms with van der Waals surface area (Å²) in [7, 11) is 3.42. The normalized spacial score (nSPS) is 16.8. The van der Waals surface area contributed by atoms with Crippen LogP contribution in [0.3, 0.4) is 0 Å². The minimum atomic E-state index is 0.372. The Balaban J connectivity index is 1.90. The zero-order valence-electron chi connectivity index (χ0n) is 12.9. The fraction of sp³-hybridized carbons (Fsp3) is 0.647. The number of hydrogen-bond donors (Lipinski definition) is 1. The zero-order valence-corrected chi connectivity index (χ0v) is 12.9. The first-order valence-corrected chi connectivity index (χ1v) is 7.63. The second kappa shape index (κ2) is 7.65. The van der Waals surface area contributed by atoms with Crippen molar-refractivity contribution in [1.29, 1.82) is 0 Å². The molecule has 3 heteroatoms. The molecule has 1 N–H and O–H groups in total. The molecule has 0 aromatic heterocycles. The first-order chi connectivity index (χ1) is 9.74. The lowest BCUT2D eigenvalue weighted by Gasteiger charge is -2.26. The van der Waals surface area contributed by atoms with Gasteiger partial charge in [0.25, 0.3) is 0 Å². The molecule has 1 saturated carbocycles. The Labute approximate surface area is 122 Å². The number of hydrogen-bond acceptors (Lipinski definition) is 3. The van der Waals surface area contributed by atoms with E-state index in [2.05, 4.69) is 24.4 Å². The van der Waals surface area contributed by atoms with Gasteiger partial charge in [0.2, 0.25) is 0 Å². The molecule has 112 valence electrons. The summed E-state index contributed by atoms with van der Waals surface area (Å²) in [6.07, 6.45) is 5.59. The summed E-state index contributed by atoms with van der Waals surface area (Å²) >= 11 is 0. The molecular weight excluding hydrogens is 250 g/mol. The Hall–Kier alpha value is -1.06. The van der Waals surface area contributed by atoms with E-state index in [1.54, 1.807) is 14.2 Å². The van der Waals surface area contributed by atoms with Crippen molar-refractivity contribution in [3.8, 4) is 5.75 Å². The number of ether oxygens (including phenoxy) is 2. The highest BCUT2D eigenvalue weighted by Gasteiger charge is 2.17. The smallest absolute Gasteiger partial charge is 0.124 e. The molecule has 20 heavy (non-hydrogen) atoms. The lowest BCUT2D eigenvalue weighted by atomic mass is 9.83. The van der Waals surface area contributed by atoms with Crippen molar-refractivity contribution in [3.63, 3.8) is 0 Å². The molecule has 1 atom stereocenters. The van der Waals surface area contributed by atoms with Crippen LogP contribution in [0.2, 0.25) is 0 Å². The summed E-state index contributed by atoms with van der Waals surface area (Å²) in [6, 6.07) is 6.73. The Morgan fingerprint density at radius 2 is 2.10 bits per heavy atom. The quantitative estimate of drug-likeness (QED) is 0.786. The molecule has 1 aromatic carbocycles. The fourth-order valence-corrected chi connectivity index (χ4v) is 2.74. The molecule has 0 amide bonds. The molecule has 0 saturated heterocycles. The van der Waals surface area contributed by atoms with Gasteiger partial charge in [-0.3, -0.25) is 0 Å². The van der Waals surface area contributed by atoms with Gasteiger partial charge in [-0.05, 0) is 43.5 Å². The number of nitrogens with one attached hydrogen (secondary N) is 1. The summed E-state index contributed by atoms with van der Waals surface area (Å²) in [6.45, 7) is 3.92. The van der Waals surface area contributed by atoms with E-state index in [1.807, 2.05) is 6.07 Å². The van der Waals surface area contributed by atoms with Crippen molar-refractivity contribution in [2.24, 2.45) is 5.92 Å². The molecule has 3 nitrogen and oxygen atoms in total. The highest BCUT2D eigenvalue weighted by Crippen LogP contribution is 2.29. The molecule has 1 unspecified atom stereocenters. The van der Waals surface area contributed by atoms with Gasteiger partial charge >= 0.3 is 0 Å². The van der Waals surface area contributed by atoms with Crippen LogP contribution >= 0.6 is 0 Å². The second-order valence-electron chi connectivity index (χ2n) is 5.77. The largest absolute Gasteiger partial charge is 0.496 e. The van der Waals surface area contributed by atoms with Crippen LogP contribution in [0.15, 0.2) is 18.2 Å². The fourth-order valence-electron chi connectivity index (χ4n) is 2.74. The maximum absolute atomic E-state index is 5.37. The predicted octanol–water partition coefficient (Wildman–Crippen LogP) is 3.68. The van der Waals surface area contributed by atoms with Crippen molar-refractivity contribution in [1.82, 2.24) is 5.32 Å². The van der Waals surface area contributed by atoms with Gasteiger partial charge in [0, 0.05) is 18.7 Å². The molecule has 0 radical (unpaired) electrons. The molecule has 2 rings (SSSR count). The van der Waals surface area contributed by atoms with Crippen LogP contribution < -0.4 is 10.1 Å². The summed E-state index contributed by atoms with van der Waals surface area (Å²) in [4.78, 5) is 0. The van der Waals surface area contributed by atoms with Crippen LogP contribution in [-0.4, -0.2) is 20.8 Å². The van der Waals surface area contributed by atoms with Gasteiger partial charge in [-0.1, -0.05) is 25.3 Å². The third kappa shape index (κ3) is 3.97. The molecule has 1 aliphatic carbocycles. The molecule has 0 bridgehead atoms. The van der Waals surface area contributed by atoms with E-state index in [4.69, 9.17) is 9.47 Å². The minimum Gasteiger partial charge on any atom is -0.496 e. The first-order valence-electron chi connectivity index (χ1n) is 7.63. The van der Waals surface area contributed by atoms with Crippen LogP contribution in [0.4, 0.5) is 0 Å². The summed E-state index contributed by atoms with van der Waals surface area (Å²) in [5.41, 5.74) is 2.41. The highest BCUT2D eigenvalue weighted by molar-refractivity contribution is 5.38. The van der Waals surface area contributed by atoms with E-state index < -0.39 is 0 Å². The van der Waals surface area contributed by atoms with E-state index in [-0.39, 0.29) is 0 Å². The lowest BCUT2D eigenvalue weighted by molar-refractivity contribution is 0.181. The third-order valence-electron chi connectivity index (χ3n) is 4.33. The summed E-state index contributed by atoms with van der Waals surface area (Å²) < 4.78 is 10.6. The topological polar surface area (TPSA) is 30.5 Å². The van der Waals surface area contributed by atoms with E-state index in [0.717, 1.165) is 23.8 Å². The van der Waals surface area contributed by atoms with Crippen LogP contribution in [0, 0.1) is 5.92 Å². The van der Waals surface area contributed by atoms with Crippen LogP contribution in [0.25, 0.3) is 0 Å². The van der Waals surface area contributed by atoms with E-state index in [9.17, 15) is 0 Å². The van der Waals surface area contributed by atoms with Gasteiger partial charge in [0.15, 0.2) is 0 Å². The Bertz CT molecular complexity index is 415. The van der Waals surface area contributed by atoms with Crippen molar-refractivity contribution in [3.05, 3.63) is 29.3 Å². The summed E-state index contributed by atoms with van der Waals surface area (Å²) in [5, 5.41) is 3.62. The average molecular weight is 277 g/mol. The van der Waals surface area contributed by atoms with Crippen molar-refractivity contribution < 1.29 is 9.47 Å². The lowest BCUT2D eigenvalue weighted by Crippen LogP contribution is -2.24. The van der Waals surface area contributed by atoms with Crippen molar-refractivity contribution in [2.75, 3.05) is 20.8 Å². The van der Waals surface area contributed by atoms with Gasteiger partial charge in [-0.25, -0.2) is 0 Å². The second-order valence-corrected chi connectivity index (χ2v) is 5.77. The monoisotopic (exact) mass is 277 g/mol. The van der Waals surface area contributed by atoms with Crippen molar-refractivity contribution >= 4 is 0 Å². The van der Waals surface area contributed by atoms with Gasteiger partial charge in [0.05, 0.1) is 13.7 Å². The van der Waals surface area contributed by atoms with Crippen molar-refractivity contribution in [2.45, 2.75) is 45.3 Å². The van der Waals surface area contributed by atoms with Crippen LogP contribution in [-0.2, 0) is 11.3 Å². The predicted molar refractivity (Wildman–Crippen MR) is 82.1 cm³/mol. The van der Waals surface area contributed by atoms with E-state index >= 15 is 0 Å². The molecule has 0 heterocycles. The van der Waals surface area contributed by atoms with Gasteiger partial charge in [-0.2, -0.15) is 0 Å². The number of methoxy groups -OCH3 is 2. The Kier molecular flexibility index (Phi) is 5.86. The maximum atomic E-state index is 5.37. The van der Waals surface area contributed by atoms with E-state index in [0.29, 0.717) is 12.6 Å². The zero-order chi connectivity index (χ0) is 14.4. The number of benzene rings is 1. The molecule has 1 aromatic rings. The maximum Gasteiger partial charge on any atom is 0.124 e. The minimum absolute atomic E-state index is 0.372. The average Bonchev–Trinajstić information content (AvgIpc) is 2.41. The molecular formula is C17H27NO2. The Morgan fingerprint density at radius 1 is 1.30 bits per heavy atom. The standard InChI is InChI=1S/C17H27NO2/c1-13(18-10-9-14-5-4-6-14)15-7-8-17(20-3)16(11-15)12-19-2/h7-8,11,13-14,18H,4-6,9-10,12H2,1-3H3. The SMILES string of the molecule is COCc1cc(C(C)NCCC2CCC2)ccc1OC. The van der Waals surface area contributed by atoms with Crippen LogP contribution in [0.5, 0.6) is 5.75 Å². The number of rotatable bonds is 8. The highest BCUT2D eigenvalue weighted by atomic mass is 16.5. The third-order valence-corrected chi connectivity index (χ3v) is 4.33. The molecule has 0 aliphatic heterocycles. The van der Waals surface area contributed by atoms with Crippen LogP contribution in [0.1, 0.15) is 49.8 Å². The molecule has 1 fully saturated rings. The first kappa shape index (κ1) is 15.3. The van der Waals surface area contributed by atoms with E-state index in [1.165, 1.54) is 31.2 Å². The summed E-state index contributed by atoms with van der Waals surface area (Å²) in [5.74, 6) is 1.87. The molecule has 0 spiro atoms. The van der Waals surface area contributed by atoms with Gasteiger partial charge in [-0.15, -0.1) is 0 Å². The molecule has 1 aliphatic rings. The van der Waals surface area contributed by atoms with Gasteiger partial charge in [0.1, 0.15) is 5.75 Å².